The van der Waals surface area contributed by atoms with Crippen molar-refractivity contribution in [1.29, 1.82) is 0 Å². The van der Waals surface area contributed by atoms with Crippen LogP contribution in [0.15, 0.2) is 35.5 Å². The van der Waals surface area contributed by atoms with Crippen molar-refractivity contribution >= 4 is 33.2 Å². The molecule has 0 aliphatic carbocycles. The maximum atomic E-state index is 12.1. The fourth-order valence-electron chi connectivity index (χ4n) is 2.53. The summed E-state index contributed by atoms with van der Waals surface area (Å²) in [6.45, 7) is 12.5. The molecule has 0 aromatic carbocycles. The highest BCUT2D eigenvalue weighted by atomic mass is 79.9. The lowest BCUT2D eigenvalue weighted by Gasteiger charge is -2.30. The van der Waals surface area contributed by atoms with Gasteiger partial charge in [0, 0.05) is 29.3 Å². The Labute approximate surface area is 158 Å². The van der Waals surface area contributed by atoms with E-state index in [1.54, 1.807) is 0 Å². The molecule has 0 atom stereocenters. The zero-order valence-corrected chi connectivity index (χ0v) is 17.0. The quantitative estimate of drug-likeness (QED) is 0.571. The van der Waals surface area contributed by atoms with Crippen LogP contribution in [0.5, 0.6) is 0 Å². The van der Waals surface area contributed by atoms with Crippen molar-refractivity contribution in [2.45, 2.75) is 20.8 Å². The monoisotopic (exact) mass is 410 g/mol. The van der Waals surface area contributed by atoms with Gasteiger partial charge in [-0.25, -0.2) is 4.79 Å². The Morgan fingerprint density at radius 2 is 2.00 bits per heavy atom. The number of aromatic nitrogens is 1. The zero-order valence-electron chi connectivity index (χ0n) is 15.4. The van der Waals surface area contributed by atoms with Gasteiger partial charge in [-0.15, -0.1) is 0 Å². The number of aromatic amines is 1. The van der Waals surface area contributed by atoms with Gasteiger partial charge >= 0.3 is 5.97 Å². The Hall–Kier alpha value is -1.79. The van der Waals surface area contributed by atoms with Crippen molar-refractivity contribution in [3.63, 3.8) is 0 Å². The van der Waals surface area contributed by atoms with E-state index in [2.05, 4.69) is 32.4 Å². The molecular weight excluding hydrogens is 384 g/mol. The molecule has 5 nitrogen and oxygen atoms in total. The summed E-state index contributed by atoms with van der Waals surface area (Å²) in [4.78, 5) is 17.3. The van der Waals surface area contributed by atoms with Crippen LogP contribution in [0.25, 0.3) is 5.57 Å². The molecule has 1 aromatic rings. The van der Waals surface area contributed by atoms with Gasteiger partial charge in [0.15, 0.2) is 0 Å². The molecule has 138 valence electrons. The maximum Gasteiger partial charge on any atom is 0.356 e. The van der Waals surface area contributed by atoms with E-state index in [4.69, 9.17) is 9.47 Å². The highest BCUT2D eigenvalue weighted by Gasteiger charge is 2.25. The van der Waals surface area contributed by atoms with E-state index in [0.717, 1.165) is 34.4 Å². The fourth-order valence-corrected chi connectivity index (χ4v) is 2.66. The Bertz CT molecular complexity index is 641. The lowest BCUT2D eigenvalue weighted by atomic mass is 10.0. The first-order chi connectivity index (χ1) is 12.1. The standard InChI is InChI=1S/C17H21BrN2O3.C2H6/c1-4-13(6-5-12(2)18)14-11-19-15(17(21)22-3)16(14)20-7-9-23-10-8-20;1-2/h4-6,11,19H,2,7-10H2,1,3H3;1-2H3/b6-5-,13-4+;. The predicted molar refractivity (Wildman–Crippen MR) is 107 cm³/mol. The number of H-pyrrole nitrogens is 1. The molecule has 2 heterocycles. The van der Waals surface area contributed by atoms with E-state index in [1.165, 1.54) is 7.11 Å². The van der Waals surface area contributed by atoms with E-state index in [9.17, 15) is 4.79 Å². The first-order valence-corrected chi connectivity index (χ1v) is 9.19. The van der Waals surface area contributed by atoms with Gasteiger partial charge in [-0.3, -0.25) is 0 Å². The van der Waals surface area contributed by atoms with Crippen molar-refractivity contribution in [2.24, 2.45) is 0 Å². The minimum absolute atomic E-state index is 0.373. The summed E-state index contributed by atoms with van der Waals surface area (Å²) in [6.07, 6.45) is 7.68. The summed E-state index contributed by atoms with van der Waals surface area (Å²) >= 11 is 3.32. The first kappa shape index (κ1) is 21.3. The summed E-state index contributed by atoms with van der Waals surface area (Å²) in [5, 5.41) is 0. The molecule has 0 radical (unpaired) electrons. The highest BCUT2D eigenvalue weighted by Crippen LogP contribution is 2.33. The lowest BCUT2D eigenvalue weighted by Crippen LogP contribution is -2.37. The molecule has 0 unspecified atom stereocenters. The molecule has 25 heavy (non-hydrogen) atoms. The maximum absolute atomic E-state index is 12.1. The number of methoxy groups -OCH3 is 1. The molecule has 0 spiro atoms. The molecule has 2 rings (SSSR count). The van der Waals surface area contributed by atoms with Crippen LogP contribution < -0.4 is 4.90 Å². The second-order valence-electron chi connectivity index (χ2n) is 5.04. The minimum Gasteiger partial charge on any atom is -0.464 e. The second-order valence-corrected chi connectivity index (χ2v) is 6.06. The SMILES string of the molecule is C=C(Br)/C=C\C(=C/C)c1c[nH]c(C(=O)OC)c1N1CCOCC1.CC. The summed E-state index contributed by atoms with van der Waals surface area (Å²) < 4.78 is 11.1. The third-order valence-electron chi connectivity index (χ3n) is 3.64. The summed E-state index contributed by atoms with van der Waals surface area (Å²) in [6, 6.07) is 0. The van der Waals surface area contributed by atoms with Crippen LogP contribution in [0, 0.1) is 0 Å². The van der Waals surface area contributed by atoms with E-state index in [1.807, 2.05) is 45.2 Å². The Kier molecular flexibility index (Phi) is 9.31. The van der Waals surface area contributed by atoms with E-state index >= 15 is 0 Å². The number of nitrogens with zero attached hydrogens (tertiary/aromatic N) is 1. The fraction of sp³-hybridized carbons (Fsp3) is 0.421. The second kappa shape index (κ2) is 10.9. The predicted octanol–water partition coefficient (Wildman–Crippen LogP) is 4.53. The van der Waals surface area contributed by atoms with Crippen molar-refractivity contribution in [2.75, 3.05) is 38.3 Å². The summed E-state index contributed by atoms with van der Waals surface area (Å²) in [5.74, 6) is -0.373. The van der Waals surface area contributed by atoms with E-state index in [-0.39, 0.29) is 5.97 Å². The van der Waals surface area contributed by atoms with Crippen molar-refractivity contribution < 1.29 is 14.3 Å². The van der Waals surface area contributed by atoms with Crippen LogP contribution in [0.2, 0.25) is 0 Å². The topological polar surface area (TPSA) is 54.6 Å². The highest BCUT2D eigenvalue weighted by molar-refractivity contribution is 9.11. The van der Waals surface area contributed by atoms with E-state index < -0.39 is 0 Å². The number of hydrogen-bond donors (Lipinski definition) is 1. The number of carbonyl (C=O) groups excluding carboxylic acids is 1. The van der Waals surface area contributed by atoms with Crippen LogP contribution in [-0.4, -0.2) is 44.4 Å². The van der Waals surface area contributed by atoms with Gasteiger partial charge in [-0.2, -0.15) is 0 Å². The van der Waals surface area contributed by atoms with Gasteiger partial charge < -0.3 is 19.4 Å². The average Bonchev–Trinajstić information content (AvgIpc) is 3.08. The summed E-state index contributed by atoms with van der Waals surface area (Å²) in [7, 11) is 1.39. The van der Waals surface area contributed by atoms with Gasteiger partial charge in [0.05, 0.1) is 26.0 Å². The zero-order chi connectivity index (χ0) is 18.8. The molecule has 1 fully saturated rings. The number of allylic oxidation sites excluding steroid dienone is 5. The largest absolute Gasteiger partial charge is 0.464 e. The van der Waals surface area contributed by atoms with Crippen molar-refractivity contribution in [3.05, 3.63) is 46.7 Å². The van der Waals surface area contributed by atoms with Crippen LogP contribution >= 0.6 is 15.9 Å². The molecule has 1 aromatic heterocycles. The van der Waals surface area contributed by atoms with Crippen molar-refractivity contribution in [1.82, 2.24) is 4.98 Å². The van der Waals surface area contributed by atoms with Gasteiger partial charge in [0.1, 0.15) is 5.69 Å². The number of carbonyl (C=O) groups is 1. The molecular formula is C19H27BrN2O3. The van der Waals surface area contributed by atoms with Crippen LogP contribution in [0.3, 0.4) is 0 Å². The molecule has 1 aliphatic heterocycles. The number of nitrogens with one attached hydrogen (secondary N) is 1. The van der Waals surface area contributed by atoms with Gasteiger partial charge in [-0.05, 0) is 18.6 Å². The number of morpholine rings is 1. The number of anilines is 1. The molecule has 0 saturated carbocycles. The Morgan fingerprint density at radius 1 is 1.36 bits per heavy atom. The number of halogens is 1. The van der Waals surface area contributed by atoms with Crippen LogP contribution in [-0.2, 0) is 9.47 Å². The summed E-state index contributed by atoms with van der Waals surface area (Å²) in [5.41, 5.74) is 3.28. The van der Waals surface area contributed by atoms with E-state index in [0.29, 0.717) is 18.9 Å². The Morgan fingerprint density at radius 3 is 2.52 bits per heavy atom. The van der Waals surface area contributed by atoms with Crippen LogP contribution in [0.4, 0.5) is 5.69 Å². The van der Waals surface area contributed by atoms with Gasteiger partial charge in [-0.1, -0.05) is 48.5 Å². The normalized spacial score (nSPS) is 14.9. The smallest absolute Gasteiger partial charge is 0.356 e. The third kappa shape index (κ3) is 5.61. The van der Waals surface area contributed by atoms with Gasteiger partial charge in [0.25, 0.3) is 0 Å². The molecule has 0 bridgehead atoms. The lowest BCUT2D eigenvalue weighted by molar-refractivity contribution is 0.0594. The van der Waals surface area contributed by atoms with Gasteiger partial charge in [0.2, 0.25) is 0 Å². The molecule has 1 N–H and O–H groups in total. The Balaban J connectivity index is 0.00000151. The molecule has 6 heteroatoms. The number of hydrogen-bond acceptors (Lipinski definition) is 4. The van der Waals surface area contributed by atoms with Crippen molar-refractivity contribution in [3.8, 4) is 0 Å². The van der Waals surface area contributed by atoms with Crippen LogP contribution in [0.1, 0.15) is 36.8 Å². The number of esters is 1. The number of rotatable bonds is 5. The molecule has 1 saturated heterocycles. The number of ether oxygens (including phenoxy) is 2. The first-order valence-electron chi connectivity index (χ1n) is 8.40. The average molecular weight is 411 g/mol. The third-order valence-corrected chi connectivity index (χ3v) is 3.90. The molecule has 0 amide bonds. The minimum atomic E-state index is -0.373. The molecule has 1 aliphatic rings.